The van der Waals surface area contributed by atoms with Gasteiger partial charge in [-0.15, -0.1) is 0 Å². The first kappa shape index (κ1) is 17.9. The van der Waals surface area contributed by atoms with Gasteiger partial charge < -0.3 is 4.74 Å². The zero-order valence-electron chi connectivity index (χ0n) is 12.6. The van der Waals surface area contributed by atoms with Crippen LogP contribution in [0.25, 0.3) is 10.9 Å². The third-order valence-electron chi connectivity index (χ3n) is 3.20. The van der Waals surface area contributed by atoms with Crippen molar-refractivity contribution < 1.29 is 14.3 Å². The molecule has 2 amide bonds. The van der Waals surface area contributed by atoms with Gasteiger partial charge in [0.25, 0.3) is 11.8 Å². The van der Waals surface area contributed by atoms with Gasteiger partial charge in [0.2, 0.25) is 0 Å². The van der Waals surface area contributed by atoms with E-state index in [9.17, 15) is 9.59 Å². The quantitative estimate of drug-likeness (QED) is 0.437. The number of benzene rings is 1. The molecular formula is C16H11ClIN3O3S. The third kappa shape index (κ3) is 4.20. The van der Waals surface area contributed by atoms with Gasteiger partial charge in [-0.3, -0.25) is 25.4 Å². The van der Waals surface area contributed by atoms with Crippen LogP contribution in [0.15, 0.2) is 41.2 Å². The molecule has 2 N–H and O–H groups in total. The second-order valence-corrected chi connectivity index (χ2v) is 7.22. The van der Waals surface area contributed by atoms with Crippen LogP contribution in [-0.4, -0.2) is 23.4 Å². The number of carbonyl (C=O) groups excluding carboxylic acids is 2. The van der Waals surface area contributed by atoms with Crippen LogP contribution >= 0.6 is 45.5 Å². The number of rotatable bonds is 4. The van der Waals surface area contributed by atoms with Crippen molar-refractivity contribution in [1.29, 1.82) is 0 Å². The zero-order valence-corrected chi connectivity index (χ0v) is 16.3. The summed E-state index contributed by atoms with van der Waals surface area (Å²) in [5.41, 5.74) is 5.70. The highest BCUT2D eigenvalue weighted by Crippen LogP contribution is 2.34. The number of thiophene rings is 1. The molecular weight excluding hydrogens is 477 g/mol. The average molecular weight is 488 g/mol. The van der Waals surface area contributed by atoms with E-state index < -0.39 is 5.91 Å². The molecule has 0 unspecified atom stereocenters. The van der Waals surface area contributed by atoms with Gasteiger partial charge in [0.05, 0.1) is 14.2 Å². The Labute approximate surface area is 165 Å². The first-order valence-corrected chi connectivity index (χ1v) is 9.43. The van der Waals surface area contributed by atoms with E-state index in [0.717, 1.165) is 8.96 Å². The van der Waals surface area contributed by atoms with E-state index in [1.807, 2.05) is 6.07 Å². The molecule has 128 valence electrons. The maximum Gasteiger partial charge on any atom is 0.276 e. The predicted octanol–water partition coefficient (Wildman–Crippen LogP) is 3.39. The van der Waals surface area contributed by atoms with Crippen LogP contribution in [0.3, 0.4) is 0 Å². The Kier molecular flexibility index (Phi) is 5.71. The van der Waals surface area contributed by atoms with E-state index in [1.165, 1.54) is 11.3 Å². The van der Waals surface area contributed by atoms with Gasteiger partial charge in [0.1, 0.15) is 5.52 Å². The molecule has 9 heteroatoms. The van der Waals surface area contributed by atoms with E-state index in [0.29, 0.717) is 21.9 Å². The summed E-state index contributed by atoms with van der Waals surface area (Å²) in [5, 5.41) is 4.77. The van der Waals surface area contributed by atoms with Crippen molar-refractivity contribution in [3.8, 4) is 5.75 Å². The minimum atomic E-state index is -0.488. The van der Waals surface area contributed by atoms with Crippen LogP contribution in [-0.2, 0) is 4.79 Å². The Morgan fingerprint density at radius 2 is 2.16 bits per heavy atom. The largest absolute Gasteiger partial charge is 0.480 e. The van der Waals surface area contributed by atoms with E-state index in [-0.39, 0.29) is 12.5 Å². The van der Waals surface area contributed by atoms with Crippen LogP contribution in [0.2, 0.25) is 5.02 Å². The van der Waals surface area contributed by atoms with Crippen molar-refractivity contribution in [2.24, 2.45) is 0 Å². The minimum absolute atomic E-state index is 0.271. The number of hydrogen-bond acceptors (Lipinski definition) is 5. The Morgan fingerprint density at radius 1 is 1.32 bits per heavy atom. The number of pyridine rings is 1. The van der Waals surface area contributed by atoms with Crippen molar-refractivity contribution in [2.75, 3.05) is 6.61 Å². The molecule has 0 saturated heterocycles. The Hall–Kier alpha value is -1.91. The molecule has 6 nitrogen and oxygen atoms in total. The van der Waals surface area contributed by atoms with E-state index in [1.54, 1.807) is 35.2 Å². The molecule has 0 aliphatic rings. The average Bonchev–Trinajstić information content (AvgIpc) is 3.14. The molecule has 3 rings (SSSR count). The van der Waals surface area contributed by atoms with Crippen molar-refractivity contribution in [2.45, 2.75) is 0 Å². The van der Waals surface area contributed by atoms with Gasteiger partial charge >= 0.3 is 0 Å². The molecule has 0 spiro atoms. The maximum absolute atomic E-state index is 11.9. The fourth-order valence-electron chi connectivity index (χ4n) is 2.05. The van der Waals surface area contributed by atoms with Crippen LogP contribution in [0.4, 0.5) is 0 Å². The van der Waals surface area contributed by atoms with Crippen LogP contribution in [0.1, 0.15) is 10.4 Å². The molecule has 0 radical (unpaired) electrons. The zero-order chi connectivity index (χ0) is 17.8. The highest BCUT2D eigenvalue weighted by molar-refractivity contribution is 14.1. The number of halogens is 2. The van der Waals surface area contributed by atoms with E-state index in [2.05, 4.69) is 38.4 Å². The molecule has 25 heavy (non-hydrogen) atoms. The molecule has 0 atom stereocenters. The second-order valence-electron chi connectivity index (χ2n) is 4.87. The van der Waals surface area contributed by atoms with Gasteiger partial charge in [-0.2, -0.15) is 11.3 Å². The van der Waals surface area contributed by atoms with Gasteiger partial charge in [0, 0.05) is 17.0 Å². The Bertz CT molecular complexity index is 934. The van der Waals surface area contributed by atoms with E-state index >= 15 is 0 Å². The summed E-state index contributed by atoms with van der Waals surface area (Å²) in [6.07, 6.45) is 1.63. The monoisotopic (exact) mass is 487 g/mol. The lowest BCUT2D eigenvalue weighted by atomic mass is 10.2. The third-order valence-corrected chi connectivity index (χ3v) is 4.99. The summed E-state index contributed by atoms with van der Waals surface area (Å²) < 4.78 is 6.34. The number of amides is 2. The van der Waals surface area contributed by atoms with Gasteiger partial charge in [-0.25, -0.2) is 0 Å². The Balaban J connectivity index is 1.64. The summed E-state index contributed by atoms with van der Waals surface area (Å²) in [6, 6.07) is 7.01. The number of fused-ring (bicyclic) bond motifs is 1. The van der Waals surface area contributed by atoms with Gasteiger partial charge in [-0.05, 0) is 52.2 Å². The first-order chi connectivity index (χ1) is 12.1. The van der Waals surface area contributed by atoms with Crippen molar-refractivity contribution in [3.05, 3.63) is 55.4 Å². The number of hydrazine groups is 1. The van der Waals surface area contributed by atoms with Crippen LogP contribution < -0.4 is 15.6 Å². The summed E-state index contributed by atoms with van der Waals surface area (Å²) in [6.45, 7) is -0.271. The first-order valence-electron chi connectivity index (χ1n) is 7.03. The van der Waals surface area contributed by atoms with Crippen molar-refractivity contribution in [3.63, 3.8) is 0 Å². The molecule has 2 aromatic heterocycles. The van der Waals surface area contributed by atoms with Gasteiger partial charge in [0.15, 0.2) is 12.4 Å². The second kappa shape index (κ2) is 7.98. The lowest BCUT2D eigenvalue weighted by molar-refractivity contribution is -0.123. The normalized spacial score (nSPS) is 10.5. The maximum atomic E-state index is 11.9. The standard InChI is InChI=1S/C16H11ClIN3O3S/c17-11-6-12(18)15(14-10(11)2-1-4-19-14)24-7-13(22)20-21-16(23)9-3-5-25-8-9/h1-6,8H,7H2,(H,20,22)(H,21,23). The molecule has 0 aliphatic carbocycles. The number of ether oxygens (including phenoxy) is 1. The molecule has 3 aromatic rings. The van der Waals surface area contributed by atoms with E-state index in [4.69, 9.17) is 16.3 Å². The van der Waals surface area contributed by atoms with Crippen LogP contribution in [0.5, 0.6) is 5.75 Å². The molecule has 0 aliphatic heterocycles. The van der Waals surface area contributed by atoms with Crippen molar-refractivity contribution >= 4 is 68.2 Å². The van der Waals surface area contributed by atoms with Crippen LogP contribution in [0, 0.1) is 3.57 Å². The summed E-state index contributed by atoms with van der Waals surface area (Å²) in [5.74, 6) is -0.402. The summed E-state index contributed by atoms with van der Waals surface area (Å²) in [4.78, 5) is 27.9. The fraction of sp³-hybridized carbons (Fsp3) is 0.0625. The topological polar surface area (TPSA) is 80.3 Å². The van der Waals surface area contributed by atoms with Gasteiger partial charge in [-0.1, -0.05) is 11.6 Å². The smallest absolute Gasteiger partial charge is 0.276 e. The number of nitrogens with one attached hydrogen (secondary N) is 2. The molecule has 0 saturated carbocycles. The predicted molar refractivity (Wildman–Crippen MR) is 105 cm³/mol. The number of aromatic nitrogens is 1. The summed E-state index contributed by atoms with van der Waals surface area (Å²) >= 11 is 9.67. The number of hydrogen-bond donors (Lipinski definition) is 2. The molecule has 2 heterocycles. The Morgan fingerprint density at radius 3 is 2.92 bits per heavy atom. The molecule has 1 aromatic carbocycles. The lowest BCUT2D eigenvalue weighted by Gasteiger charge is -2.12. The summed E-state index contributed by atoms with van der Waals surface area (Å²) in [7, 11) is 0. The molecule has 0 fully saturated rings. The fourth-order valence-corrected chi connectivity index (χ4v) is 3.85. The molecule has 0 bridgehead atoms. The number of carbonyl (C=O) groups is 2. The SMILES string of the molecule is O=C(COc1c(I)cc(Cl)c2cccnc12)NNC(=O)c1ccsc1. The number of nitrogens with zero attached hydrogens (tertiary/aromatic N) is 1. The minimum Gasteiger partial charge on any atom is -0.480 e. The highest BCUT2D eigenvalue weighted by atomic mass is 127. The lowest BCUT2D eigenvalue weighted by Crippen LogP contribution is -2.43. The highest BCUT2D eigenvalue weighted by Gasteiger charge is 2.14. The van der Waals surface area contributed by atoms with Crippen molar-refractivity contribution in [1.82, 2.24) is 15.8 Å².